The second kappa shape index (κ2) is 4.37. The van der Waals surface area contributed by atoms with E-state index in [9.17, 15) is 9.59 Å². The predicted molar refractivity (Wildman–Crippen MR) is 65.6 cm³/mol. The number of alkyl halides is 1. The Balaban J connectivity index is 2.31. The van der Waals surface area contributed by atoms with Crippen molar-refractivity contribution in [3.8, 4) is 0 Å². The molecule has 3 nitrogen and oxygen atoms in total. The lowest BCUT2D eigenvalue weighted by molar-refractivity contribution is -0.122. The number of anilines is 1. The van der Waals surface area contributed by atoms with Crippen molar-refractivity contribution < 1.29 is 9.59 Å². The molecule has 1 aliphatic heterocycles. The number of carbonyl (C=O) groups excluding carboxylic acids is 2. The molecular weight excluding hydrogens is 270 g/mol. The standard InChI is InChI=1S/C12H12BrNO2/c1-8-2-4-10(5-3-8)14-11(15)6-9(7-13)12(14)16/h2-5,9H,6-7H2,1H3. The number of hydrogen-bond acceptors (Lipinski definition) is 2. The van der Waals surface area contributed by atoms with Gasteiger partial charge in [0.1, 0.15) is 0 Å². The topological polar surface area (TPSA) is 37.4 Å². The van der Waals surface area contributed by atoms with Crippen LogP contribution in [-0.4, -0.2) is 17.1 Å². The second-order valence-electron chi connectivity index (χ2n) is 3.96. The van der Waals surface area contributed by atoms with Gasteiger partial charge in [-0.3, -0.25) is 14.5 Å². The average Bonchev–Trinajstić information content (AvgIpc) is 2.56. The van der Waals surface area contributed by atoms with Crippen molar-refractivity contribution in [2.75, 3.05) is 10.2 Å². The van der Waals surface area contributed by atoms with Crippen LogP contribution in [-0.2, 0) is 9.59 Å². The number of hydrogen-bond donors (Lipinski definition) is 0. The molecule has 1 aromatic rings. The van der Waals surface area contributed by atoms with Crippen LogP contribution in [0.5, 0.6) is 0 Å². The first-order valence-electron chi connectivity index (χ1n) is 5.13. The van der Waals surface area contributed by atoms with Gasteiger partial charge in [-0.25, -0.2) is 0 Å². The van der Waals surface area contributed by atoms with Gasteiger partial charge in [0.25, 0.3) is 0 Å². The molecule has 1 atom stereocenters. The molecule has 84 valence electrons. The van der Waals surface area contributed by atoms with Gasteiger partial charge >= 0.3 is 0 Å². The third-order valence-corrected chi connectivity index (χ3v) is 3.50. The summed E-state index contributed by atoms with van der Waals surface area (Å²) in [7, 11) is 0. The van der Waals surface area contributed by atoms with Gasteiger partial charge in [-0.15, -0.1) is 0 Å². The molecule has 1 saturated heterocycles. The first kappa shape index (κ1) is 11.3. The molecule has 0 saturated carbocycles. The van der Waals surface area contributed by atoms with Crippen molar-refractivity contribution in [2.24, 2.45) is 5.92 Å². The molecule has 1 heterocycles. The molecule has 2 amide bonds. The smallest absolute Gasteiger partial charge is 0.238 e. The fourth-order valence-corrected chi connectivity index (χ4v) is 2.29. The Morgan fingerprint density at radius 1 is 1.31 bits per heavy atom. The van der Waals surface area contributed by atoms with Crippen LogP contribution >= 0.6 is 15.9 Å². The van der Waals surface area contributed by atoms with E-state index < -0.39 is 0 Å². The molecule has 0 N–H and O–H groups in total. The Kier molecular flexibility index (Phi) is 3.10. The van der Waals surface area contributed by atoms with Gasteiger partial charge in [-0.1, -0.05) is 33.6 Å². The Bertz CT molecular complexity index is 427. The van der Waals surface area contributed by atoms with Gasteiger partial charge in [0.15, 0.2) is 0 Å². The summed E-state index contributed by atoms with van der Waals surface area (Å²) in [5.41, 5.74) is 1.78. The maximum absolute atomic E-state index is 11.9. The largest absolute Gasteiger partial charge is 0.274 e. The van der Waals surface area contributed by atoms with Crippen LogP contribution in [0.15, 0.2) is 24.3 Å². The Hall–Kier alpha value is -1.16. The zero-order valence-corrected chi connectivity index (χ0v) is 10.5. The predicted octanol–water partition coefficient (Wildman–Crippen LogP) is 2.27. The quantitative estimate of drug-likeness (QED) is 0.616. The van der Waals surface area contributed by atoms with Crippen molar-refractivity contribution in [1.82, 2.24) is 0 Å². The zero-order valence-electron chi connectivity index (χ0n) is 8.94. The lowest BCUT2D eigenvalue weighted by Gasteiger charge is -2.14. The molecule has 4 heteroatoms. The van der Waals surface area contributed by atoms with E-state index in [1.165, 1.54) is 4.90 Å². The number of carbonyl (C=O) groups is 2. The van der Waals surface area contributed by atoms with Crippen molar-refractivity contribution in [3.05, 3.63) is 29.8 Å². The summed E-state index contributed by atoms with van der Waals surface area (Å²) >= 11 is 3.26. The summed E-state index contributed by atoms with van der Waals surface area (Å²) < 4.78 is 0. The van der Waals surface area contributed by atoms with Crippen LogP contribution in [0.3, 0.4) is 0 Å². The summed E-state index contributed by atoms with van der Waals surface area (Å²) in [6.07, 6.45) is 0.304. The number of rotatable bonds is 2. The Labute approximate surface area is 103 Å². The minimum absolute atomic E-state index is 0.106. The number of halogens is 1. The van der Waals surface area contributed by atoms with E-state index in [1.807, 2.05) is 31.2 Å². The molecule has 0 bridgehead atoms. The zero-order chi connectivity index (χ0) is 11.7. The summed E-state index contributed by atoms with van der Waals surface area (Å²) in [5.74, 6) is -0.433. The highest BCUT2D eigenvalue weighted by Crippen LogP contribution is 2.27. The molecule has 1 unspecified atom stereocenters. The number of benzene rings is 1. The van der Waals surface area contributed by atoms with E-state index in [2.05, 4.69) is 15.9 Å². The maximum atomic E-state index is 11.9. The SMILES string of the molecule is Cc1ccc(N2C(=O)CC(CBr)C2=O)cc1. The second-order valence-corrected chi connectivity index (χ2v) is 4.61. The van der Waals surface area contributed by atoms with Crippen molar-refractivity contribution in [3.63, 3.8) is 0 Å². The van der Waals surface area contributed by atoms with Crippen LogP contribution < -0.4 is 4.90 Å². The van der Waals surface area contributed by atoms with E-state index in [0.717, 1.165) is 5.56 Å². The van der Waals surface area contributed by atoms with Crippen molar-refractivity contribution in [2.45, 2.75) is 13.3 Å². The fraction of sp³-hybridized carbons (Fsp3) is 0.333. The third-order valence-electron chi connectivity index (χ3n) is 2.72. The normalized spacial score (nSPS) is 20.6. The molecule has 0 aromatic heterocycles. The van der Waals surface area contributed by atoms with Crippen LogP contribution in [0.25, 0.3) is 0 Å². The van der Waals surface area contributed by atoms with Gasteiger partial charge < -0.3 is 0 Å². The average molecular weight is 282 g/mol. The summed E-state index contributed by atoms with van der Waals surface area (Å²) in [5, 5.41) is 0.542. The molecule has 0 spiro atoms. The Morgan fingerprint density at radius 3 is 2.44 bits per heavy atom. The lowest BCUT2D eigenvalue weighted by atomic mass is 10.1. The monoisotopic (exact) mass is 281 g/mol. The van der Waals surface area contributed by atoms with Gasteiger partial charge in [0, 0.05) is 11.8 Å². The van der Waals surface area contributed by atoms with Crippen LogP contribution in [0.4, 0.5) is 5.69 Å². The van der Waals surface area contributed by atoms with E-state index >= 15 is 0 Å². The van der Waals surface area contributed by atoms with Gasteiger partial charge in [0.05, 0.1) is 11.6 Å². The molecular formula is C12H12BrNO2. The molecule has 1 aliphatic rings. The Morgan fingerprint density at radius 2 is 1.94 bits per heavy atom. The molecule has 0 radical (unpaired) electrons. The first-order valence-corrected chi connectivity index (χ1v) is 6.25. The highest BCUT2D eigenvalue weighted by molar-refractivity contribution is 9.09. The highest BCUT2D eigenvalue weighted by atomic mass is 79.9. The van der Waals surface area contributed by atoms with Gasteiger partial charge in [0.2, 0.25) is 11.8 Å². The van der Waals surface area contributed by atoms with E-state index in [1.54, 1.807) is 0 Å². The highest BCUT2D eigenvalue weighted by Gasteiger charge is 2.38. The number of imide groups is 1. The fourth-order valence-electron chi connectivity index (χ4n) is 1.78. The maximum Gasteiger partial charge on any atom is 0.238 e. The number of amides is 2. The molecule has 2 rings (SSSR count). The van der Waals surface area contributed by atoms with Crippen LogP contribution in [0.2, 0.25) is 0 Å². The number of aryl methyl sites for hydroxylation is 1. The summed E-state index contributed by atoms with van der Waals surface area (Å²) in [6, 6.07) is 7.41. The summed E-state index contributed by atoms with van der Waals surface area (Å²) in [4.78, 5) is 24.9. The van der Waals surface area contributed by atoms with Gasteiger partial charge in [-0.2, -0.15) is 0 Å². The minimum atomic E-state index is -0.214. The van der Waals surface area contributed by atoms with Crippen LogP contribution in [0, 0.1) is 12.8 Å². The minimum Gasteiger partial charge on any atom is -0.274 e. The third kappa shape index (κ3) is 1.89. The van der Waals surface area contributed by atoms with Crippen LogP contribution in [0.1, 0.15) is 12.0 Å². The molecule has 1 aromatic carbocycles. The van der Waals surface area contributed by atoms with E-state index in [4.69, 9.17) is 0 Å². The van der Waals surface area contributed by atoms with Crippen molar-refractivity contribution >= 4 is 33.4 Å². The molecule has 1 fully saturated rings. The molecule has 0 aliphatic carbocycles. The summed E-state index contributed by atoms with van der Waals surface area (Å²) in [6.45, 7) is 1.97. The first-order chi connectivity index (χ1) is 7.63. The molecule has 16 heavy (non-hydrogen) atoms. The lowest BCUT2D eigenvalue weighted by Crippen LogP contribution is -2.30. The van der Waals surface area contributed by atoms with Gasteiger partial charge in [-0.05, 0) is 19.1 Å². The number of nitrogens with zero attached hydrogens (tertiary/aromatic N) is 1. The van der Waals surface area contributed by atoms with E-state index in [0.29, 0.717) is 17.4 Å². The van der Waals surface area contributed by atoms with E-state index in [-0.39, 0.29) is 17.7 Å². The van der Waals surface area contributed by atoms with Crippen molar-refractivity contribution in [1.29, 1.82) is 0 Å².